The Bertz CT molecular complexity index is 807. The molecule has 0 bridgehead atoms. The van der Waals surface area contributed by atoms with Crippen molar-refractivity contribution in [3.63, 3.8) is 0 Å². The second-order valence-electron chi connectivity index (χ2n) is 6.61. The molecule has 1 aliphatic rings. The maximum atomic E-state index is 12.6. The zero-order chi connectivity index (χ0) is 18.7. The van der Waals surface area contributed by atoms with Crippen molar-refractivity contribution in [2.24, 2.45) is 0 Å². The number of methoxy groups -OCH3 is 1. The van der Waals surface area contributed by atoms with Crippen LogP contribution in [0.2, 0.25) is 0 Å². The number of carbonyl (C=O) groups is 2. The second-order valence-corrected chi connectivity index (χ2v) is 6.61. The summed E-state index contributed by atoms with van der Waals surface area (Å²) < 4.78 is 7.02. The van der Waals surface area contributed by atoms with Gasteiger partial charge in [-0.05, 0) is 37.0 Å². The summed E-state index contributed by atoms with van der Waals surface area (Å²) in [5.74, 6) is -0.0830. The summed E-state index contributed by atoms with van der Waals surface area (Å²) in [4.78, 5) is 25.4. The van der Waals surface area contributed by atoms with Crippen LogP contribution in [-0.2, 0) is 11.2 Å². The van der Waals surface area contributed by atoms with Crippen molar-refractivity contribution in [1.29, 1.82) is 0 Å². The third-order valence-electron chi connectivity index (χ3n) is 4.87. The number of carboxylic acids is 1. The first kappa shape index (κ1) is 18.0. The molecule has 0 aliphatic carbocycles. The highest BCUT2D eigenvalue weighted by molar-refractivity contribution is 5.86. The molecule has 1 aliphatic heterocycles. The van der Waals surface area contributed by atoms with Crippen molar-refractivity contribution in [2.45, 2.75) is 32.2 Å². The number of carboxylic acid groups (broad SMARTS) is 1. The van der Waals surface area contributed by atoms with Crippen LogP contribution in [0, 0.1) is 6.92 Å². The summed E-state index contributed by atoms with van der Waals surface area (Å²) in [5.41, 5.74) is 2.18. The van der Waals surface area contributed by atoms with Crippen molar-refractivity contribution in [1.82, 2.24) is 14.7 Å². The van der Waals surface area contributed by atoms with Gasteiger partial charge in [0.05, 0.1) is 31.3 Å². The topological polar surface area (TPSA) is 84.7 Å². The second kappa shape index (κ2) is 7.59. The molecule has 138 valence electrons. The number of amides is 1. The van der Waals surface area contributed by atoms with Crippen LogP contribution in [0.4, 0.5) is 0 Å². The minimum atomic E-state index is -0.975. The predicted octanol–water partition coefficient (Wildman–Crippen LogP) is 2.30. The van der Waals surface area contributed by atoms with Gasteiger partial charge in [0.1, 0.15) is 5.75 Å². The van der Waals surface area contributed by atoms with E-state index in [1.165, 1.54) is 6.20 Å². The lowest BCUT2D eigenvalue weighted by Crippen LogP contribution is -2.40. The number of aromatic carboxylic acids is 1. The Labute approximate surface area is 152 Å². The van der Waals surface area contributed by atoms with Gasteiger partial charge in [0.2, 0.25) is 5.91 Å². The molecule has 7 nitrogen and oxygen atoms in total. The molecule has 26 heavy (non-hydrogen) atoms. The van der Waals surface area contributed by atoms with Crippen molar-refractivity contribution < 1.29 is 19.4 Å². The van der Waals surface area contributed by atoms with E-state index in [4.69, 9.17) is 9.84 Å². The van der Waals surface area contributed by atoms with E-state index >= 15 is 0 Å². The molecule has 2 heterocycles. The van der Waals surface area contributed by atoms with Gasteiger partial charge in [-0.1, -0.05) is 12.1 Å². The maximum Gasteiger partial charge on any atom is 0.338 e. The van der Waals surface area contributed by atoms with Crippen LogP contribution < -0.4 is 4.74 Å². The highest BCUT2D eigenvalue weighted by Crippen LogP contribution is 2.24. The van der Waals surface area contributed by atoms with Crippen molar-refractivity contribution in [3.8, 4) is 5.75 Å². The van der Waals surface area contributed by atoms with Gasteiger partial charge < -0.3 is 14.7 Å². The molecule has 0 unspecified atom stereocenters. The number of benzene rings is 1. The lowest BCUT2D eigenvalue weighted by atomic mass is 10.0. The van der Waals surface area contributed by atoms with Crippen LogP contribution in [0.5, 0.6) is 5.75 Å². The molecular weight excluding hydrogens is 334 g/mol. The first-order valence-electron chi connectivity index (χ1n) is 8.66. The lowest BCUT2D eigenvalue weighted by Gasteiger charge is -2.32. The number of aromatic nitrogens is 2. The molecule has 1 saturated heterocycles. The van der Waals surface area contributed by atoms with Crippen LogP contribution in [0.15, 0.2) is 30.6 Å². The Hall–Kier alpha value is -2.83. The molecule has 1 fully saturated rings. The number of hydrogen-bond donors (Lipinski definition) is 1. The van der Waals surface area contributed by atoms with Gasteiger partial charge >= 0.3 is 5.97 Å². The van der Waals surface area contributed by atoms with Crippen molar-refractivity contribution in [3.05, 3.63) is 47.3 Å². The van der Waals surface area contributed by atoms with Gasteiger partial charge in [0.25, 0.3) is 0 Å². The fourth-order valence-corrected chi connectivity index (χ4v) is 3.29. The number of ether oxygens (including phenoxy) is 1. The molecule has 0 atom stereocenters. The van der Waals surface area contributed by atoms with Gasteiger partial charge in [-0.2, -0.15) is 5.10 Å². The number of carbonyl (C=O) groups excluding carboxylic acids is 1. The van der Waals surface area contributed by atoms with Crippen LogP contribution in [-0.4, -0.2) is 51.9 Å². The smallest absolute Gasteiger partial charge is 0.338 e. The molecule has 7 heteroatoms. The molecular formula is C19H23N3O4. The average molecular weight is 357 g/mol. The molecule has 3 rings (SSSR count). The predicted molar refractivity (Wildman–Crippen MR) is 95.5 cm³/mol. The third kappa shape index (κ3) is 3.87. The van der Waals surface area contributed by atoms with E-state index in [1.807, 2.05) is 30.0 Å². The lowest BCUT2D eigenvalue weighted by molar-refractivity contribution is -0.131. The monoisotopic (exact) mass is 357 g/mol. The van der Waals surface area contributed by atoms with E-state index < -0.39 is 5.97 Å². The Kier molecular flexibility index (Phi) is 5.25. The third-order valence-corrected chi connectivity index (χ3v) is 4.87. The minimum Gasteiger partial charge on any atom is -0.496 e. The molecule has 2 aromatic rings. The normalized spacial score (nSPS) is 15.1. The maximum absolute atomic E-state index is 12.6. The molecule has 1 aromatic carbocycles. The fourth-order valence-electron chi connectivity index (χ4n) is 3.29. The van der Waals surface area contributed by atoms with Gasteiger partial charge in [0, 0.05) is 19.3 Å². The highest BCUT2D eigenvalue weighted by atomic mass is 16.5. The van der Waals surface area contributed by atoms with Crippen LogP contribution in [0.3, 0.4) is 0 Å². The first-order chi connectivity index (χ1) is 12.5. The van der Waals surface area contributed by atoms with Gasteiger partial charge in [0.15, 0.2) is 0 Å². The van der Waals surface area contributed by atoms with Crippen molar-refractivity contribution >= 4 is 11.9 Å². The molecule has 0 radical (unpaired) electrons. The van der Waals surface area contributed by atoms with Gasteiger partial charge in [-0.15, -0.1) is 0 Å². The summed E-state index contributed by atoms with van der Waals surface area (Å²) in [7, 11) is 1.63. The van der Waals surface area contributed by atoms with E-state index in [0.717, 1.165) is 29.7 Å². The number of hydrogen-bond acceptors (Lipinski definition) is 4. The molecule has 1 aromatic heterocycles. The SMILES string of the molecule is COc1cc(CC(=O)N2CCC(n3cc(C(=O)O)cn3)CC2)ccc1C. The first-order valence-corrected chi connectivity index (χ1v) is 8.66. The van der Waals surface area contributed by atoms with Gasteiger partial charge in [-0.25, -0.2) is 4.79 Å². The van der Waals surface area contributed by atoms with E-state index in [0.29, 0.717) is 19.5 Å². The Balaban J connectivity index is 1.57. The molecule has 0 saturated carbocycles. The molecule has 1 N–H and O–H groups in total. The van der Waals surface area contributed by atoms with E-state index in [9.17, 15) is 9.59 Å². The van der Waals surface area contributed by atoms with E-state index in [-0.39, 0.29) is 17.5 Å². The number of piperidine rings is 1. The average Bonchev–Trinajstić information content (AvgIpc) is 3.14. The van der Waals surface area contributed by atoms with Crippen LogP contribution in [0.25, 0.3) is 0 Å². The number of aryl methyl sites for hydroxylation is 1. The summed E-state index contributed by atoms with van der Waals surface area (Å²) in [5, 5.41) is 13.1. The van der Waals surface area contributed by atoms with E-state index in [2.05, 4.69) is 5.10 Å². The summed E-state index contributed by atoms with van der Waals surface area (Å²) in [6, 6.07) is 5.97. The van der Waals surface area contributed by atoms with Crippen molar-refractivity contribution in [2.75, 3.05) is 20.2 Å². The summed E-state index contributed by atoms with van der Waals surface area (Å²) in [6.45, 7) is 3.27. The summed E-state index contributed by atoms with van der Waals surface area (Å²) in [6.07, 6.45) is 4.81. The minimum absolute atomic E-state index is 0.0982. The fraction of sp³-hybridized carbons (Fsp3) is 0.421. The summed E-state index contributed by atoms with van der Waals surface area (Å²) >= 11 is 0. The number of nitrogens with zero attached hydrogens (tertiary/aromatic N) is 3. The zero-order valence-electron chi connectivity index (χ0n) is 15.0. The van der Waals surface area contributed by atoms with E-state index in [1.54, 1.807) is 18.0 Å². The largest absolute Gasteiger partial charge is 0.496 e. The highest BCUT2D eigenvalue weighted by Gasteiger charge is 2.25. The standard InChI is InChI=1S/C19H23N3O4/c1-13-3-4-14(9-17(13)26-2)10-18(23)21-7-5-16(6-8-21)22-12-15(11-20-22)19(24)25/h3-4,9,11-12,16H,5-8,10H2,1-2H3,(H,24,25). The number of likely N-dealkylation sites (tertiary alicyclic amines) is 1. The quantitative estimate of drug-likeness (QED) is 0.888. The van der Waals surface area contributed by atoms with Crippen LogP contribution >= 0.6 is 0 Å². The van der Waals surface area contributed by atoms with Gasteiger partial charge in [-0.3, -0.25) is 9.48 Å². The Morgan fingerprint density at radius 1 is 1.31 bits per heavy atom. The molecule has 1 amide bonds. The van der Waals surface area contributed by atoms with Crippen LogP contribution in [0.1, 0.15) is 40.4 Å². The Morgan fingerprint density at radius 3 is 2.65 bits per heavy atom. The Morgan fingerprint density at radius 2 is 2.04 bits per heavy atom. The molecule has 0 spiro atoms. The number of rotatable bonds is 5. The zero-order valence-corrected chi connectivity index (χ0v) is 15.0.